The second-order valence-electron chi connectivity index (χ2n) is 6.96. The molecular formula is C18H28O6. The maximum atomic E-state index is 13.0. The van der Waals surface area contributed by atoms with E-state index in [1.165, 1.54) is 0 Å². The number of carboxylic acids is 1. The lowest BCUT2D eigenvalue weighted by atomic mass is 9.59. The van der Waals surface area contributed by atoms with Gasteiger partial charge in [-0.15, -0.1) is 0 Å². The summed E-state index contributed by atoms with van der Waals surface area (Å²) in [7, 11) is 0. The van der Waals surface area contributed by atoms with Gasteiger partial charge in [0.1, 0.15) is 0 Å². The molecule has 0 amide bonds. The lowest BCUT2D eigenvalue weighted by Crippen LogP contribution is -2.50. The minimum atomic E-state index is -1.06. The van der Waals surface area contributed by atoms with Gasteiger partial charge in [-0.1, -0.05) is 13.5 Å². The highest BCUT2D eigenvalue weighted by Crippen LogP contribution is 2.57. The summed E-state index contributed by atoms with van der Waals surface area (Å²) in [6.45, 7) is 12.1. The van der Waals surface area contributed by atoms with Gasteiger partial charge in [0.15, 0.2) is 17.7 Å². The number of carboxylic acid groups (broad SMARTS) is 1. The number of carbonyl (C=O) groups is 2. The van der Waals surface area contributed by atoms with Gasteiger partial charge in [0.25, 0.3) is 0 Å². The number of hydrogen-bond donors (Lipinski definition) is 1. The highest BCUT2D eigenvalue weighted by molar-refractivity contribution is 5.98. The van der Waals surface area contributed by atoms with Gasteiger partial charge in [-0.2, -0.15) is 0 Å². The monoisotopic (exact) mass is 340 g/mol. The molecule has 2 aliphatic rings. The summed E-state index contributed by atoms with van der Waals surface area (Å²) in [5.74, 6) is -1.54. The van der Waals surface area contributed by atoms with Crippen molar-refractivity contribution in [2.24, 2.45) is 11.3 Å². The number of hydrogen-bond acceptors (Lipinski definition) is 5. The van der Waals surface area contributed by atoms with E-state index in [4.69, 9.17) is 14.2 Å². The fourth-order valence-corrected chi connectivity index (χ4v) is 3.90. The second-order valence-corrected chi connectivity index (χ2v) is 6.96. The summed E-state index contributed by atoms with van der Waals surface area (Å²) in [5.41, 5.74) is -1.55. The van der Waals surface area contributed by atoms with E-state index in [1.807, 2.05) is 20.8 Å². The van der Waals surface area contributed by atoms with E-state index in [0.717, 1.165) is 0 Å². The smallest absolute Gasteiger partial charge is 0.331 e. The largest absolute Gasteiger partial charge is 0.478 e. The number of aliphatic carboxylic acids is 1. The molecule has 6 heteroatoms. The molecule has 0 bridgehead atoms. The first-order valence-corrected chi connectivity index (χ1v) is 8.58. The lowest BCUT2D eigenvalue weighted by molar-refractivity contribution is -0.151. The van der Waals surface area contributed by atoms with Gasteiger partial charge in [0, 0.05) is 30.1 Å². The van der Waals surface area contributed by atoms with E-state index in [-0.39, 0.29) is 17.5 Å². The Kier molecular flexibility index (Phi) is 5.52. The Bertz CT molecular complexity index is 524. The predicted octanol–water partition coefficient (Wildman–Crippen LogP) is 2.56. The van der Waals surface area contributed by atoms with Crippen LogP contribution in [-0.2, 0) is 23.8 Å². The number of rotatable bonds is 9. The van der Waals surface area contributed by atoms with Crippen LogP contribution < -0.4 is 0 Å². The third-order valence-corrected chi connectivity index (χ3v) is 5.43. The van der Waals surface area contributed by atoms with Gasteiger partial charge >= 0.3 is 5.97 Å². The van der Waals surface area contributed by atoms with Crippen LogP contribution in [-0.4, -0.2) is 48.1 Å². The van der Waals surface area contributed by atoms with Crippen molar-refractivity contribution < 1.29 is 28.9 Å². The van der Waals surface area contributed by atoms with E-state index in [9.17, 15) is 14.7 Å². The van der Waals surface area contributed by atoms with Gasteiger partial charge in [0.05, 0.1) is 6.10 Å². The molecule has 1 saturated heterocycles. The van der Waals surface area contributed by atoms with Gasteiger partial charge in [-0.25, -0.2) is 4.79 Å². The molecule has 0 unspecified atom stereocenters. The van der Waals surface area contributed by atoms with Crippen LogP contribution in [0.1, 0.15) is 47.0 Å². The van der Waals surface area contributed by atoms with E-state index in [0.29, 0.717) is 32.5 Å². The summed E-state index contributed by atoms with van der Waals surface area (Å²) in [6.07, 6.45) is 0.910. The molecule has 0 aromatic heterocycles. The molecule has 0 aromatic rings. The van der Waals surface area contributed by atoms with Crippen molar-refractivity contribution in [3.63, 3.8) is 0 Å². The van der Waals surface area contributed by atoms with Crippen LogP contribution >= 0.6 is 0 Å². The molecule has 0 spiro atoms. The Morgan fingerprint density at radius 2 is 1.96 bits per heavy atom. The Balaban J connectivity index is 2.20. The van der Waals surface area contributed by atoms with Crippen molar-refractivity contribution in [2.45, 2.75) is 65.0 Å². The number of ether oxygens (including phenoxy) is 3. The summed E-state index contributed by atoms with van der Waals surface area (Å²) in [4.78, 5) is 24.5. The third-order valence-electron chi connectivity index (χ3n) is 5.43. The normalized spacial score (nSPS) is 35.0. The number of fused-ring (bicyclic) bond motifs is 1. The first kappa shape index (κ1) is 19.1. The molecule has 2 fully saturated rings. The first-order valence-electron chi connectivity index (χ1n) is 8.58. The van der Waals surface area contributed by atoms with Crippen LogP contribution in [0.4, 0.5) is 0 Å². The fourth-order valence-electron chi connectivity index (χ4n) is 3.90. The van der Waals surface area contributed by atoms with Crippen molar-refractivity contribution in [3.05, 3.63) is 12.2 Å². The summed E-state index contributed by atoms with van der Waals surface area (Å²) in [6, 6.07) is 0. The summed E-state index contributed by atoms with van der Waals surface area (Å²) in [5, 5.41) is 9.36. The number of carbonyl (C=O) groups excluding carboxylic acids is 1. The summed E-state index contributed by atoms with van der Waals surface area (Å²) >= 11 is 0. The average molecular weight is 340 g/mol. The zero-order valence-corrected chi connectivity index (χ0v) is 15.0. The van der Waals surface area contributed by atoms with Gasteiger partial charge < -0.3 is 19.3 Å². The maximum absolute atomic E-state index is 13.0. The standard InChI is InChI=1S/C18H28O6/c1-6-22-14(23-7-2)8-9-17(4)12(11(3)15(19)20)10-13-18(5,24-13)16(17)21/h12-14H,3,6-10H2,1-2,4-5H3,(H,19,20)/t12-,13+,17-,18+/m1/s1. The van der Waals surface area contributed by atoms with Crippen LogP contribution in [0.25, 0.3) is 0 Å². The van der Waals surface area contributed by atoms with E-state index >= 15 is 0 Å². The Labute approximate surface area is 143 Å². The SMILES string of the molecule is C=C(C(=O)O)[C@H]1C[C@@H]2O[C@]2(C)C(=O)[C@]1(C)CCC(OCC)OCC. The highest BCUT2D eigenvalue weighted by Gasteiger charge is 2.68. The van der Waals surface area contributed by atoms with Gasteiger partial charge in [-0.05, 0) is 40.0 Å². The molecule has 6 nitrogen and oxygen atoms in total. The van der Waals surface area contributed by atoms with Crippen LogP contribution in [0.5, 0.6) is 0 Å². The summed E-state index contributed by atoms with van der Waals surface area (Å²) < 4.78 is 16.7. The Morgan fingerprint density at radius 3 is 2.46 bits per heavy atom. The molecule has 1 aliphatic carbocycles. The third kappa shape index (κ3) is 3.27. The minimum absolute atomic E-state index is 0.0367. The van der Waals surface area contributed by atoms with Crippen molar-refractivity contribution in [2.75, 3.05) is 13.2 Å². The number of epoxide rings is 1. The molecule has 1 aliphatic heterocycles. The number of ketones is 1. The minimum Gasteiger partial charge on any atom is -0.478 e. The first-order chi connectivity index (χ1) is 11.2. The zero-order chi connectivity index (χ0) is 18.1. The molecule has 1 saturated carbocycles. The van der Waals surface area contributed by atoms with E-state index < -0.39 is 29.2 Å². The topological polar surface area (TPSA) is 85.4 Å². The van der Waals surface area contributed by atoms with Crippen LogP contribution in [0.2, 0.25) is 0 Å². The zero-order valence-electron chi connectivity index (χ0n) is 15.0. The maximum Gasteiger partial charge on any atom is 0.331 e. The average Bonchev–Trinajstić information content (AvgIpc) is 3.20. The molecule has 1 heterocycles. The van der Waals surface area contributed by atoms with E-state index in [2.05, 4.69) is 6.58 Å². The highest BCUT2D eigenvalue weighted by atomic mass is 16.7. The van der Waals surface area contributed by atoms with Crippen molar-refractivity contribution >= 4 is 11.8 Å². The van der Waals surface area contributed by atoms with Gasteiger partial charge in [0.2, 0.25) is 0 Å². The fraction of sp³-hybridized carbons (Fsp3) is 0.778. The molecule has 4 atom stereocenters. The Morgan fingerprint density at radius 1 is 1.38 bits per heavy atom. The molecule has 24 heavy (non-hydrogen) atoms. The molecule has 136 valence electrons. The molecule has 0 radical (unpaired) electrons. The van der Waals surface area contributed by atoms with Crippen molar-refractivity contribution in [1.29, 1.82) is 0 Å². The quantitative estimate of drug-likeness (QED) is 0.394. The van der Waals surface area contributed by atoms with Crippen molar-refractivity contribution in [1.82, 2.24) is 0 Å². The van der Waals surface area contributed by atoms with Gasteiger partial charge in [-0.3, -0.25) is 4.79 Å². The number of Topliss-reactive ketones (excluding diaryl/α,β-unsaturated/α-hetero) is 1. The van der Waals surface area contributed by atoms with Crippen molar-refractivity contribution in [3.8, 4) is 0 Å². The second kappa shape index (κ2) is 6.94. The van der Waals surface area contributed by atoms with Crippen LogP contribution in [0, 0.1) is 11.3 Å². The van der Waals surface area contributed by atoms with E-state index in [1.54, 1.807) is 6.92 Å². The molecular weight excluding hydrogens is 312 g/mol. The predicted molar refractivity (Wildman–Crippen MR) is 87.5 cm³/mol. The Hall–Kier alpha value is -1.24. The molecule has 1 N–H and O–H groups in total. The molecule has 2 rings (SSSR count). The van der Waals surface area contributed by atoms with Crippen LogP contribution in [0.3, 0.4) is 0 Å². The lowest BCUT2D eigenvalue weighted by Gasteiger charge is -2.41. The molecule has 0 aromatic carbocycles. The van der Waals surface area contributed by atoms with Crippen LogP contribution in [0.15, 0.2) is 12.2 Å².